The minimum absolute atomic E-state index is 0.0270. The van der Waals surface area contributed by atoms with Gasteiger partial charge in [-0.05, 0) is 89.2 Å². The van der Waals surface area contributed by atoms with Gasteiger partial charge in [-0.15, -0.1) is 0 Å². The molecule has 1 aliphatic carbocycles. The molecule has 2 saturated heterocycles. The van der Waals surface area contributed by atoms with Crippen molar-refractivity contribution >= 4 is 34.8 Å². The molecule has 1 aromatic carbocycles. The molecule has 0 spiro atoms. The van der Waals surface area contributed by atoms with Crippen LogP contribution in [0.25, 0.3) is 11.0 Å². The summed E-state index contributed by atoms with van der Waals surface area (Å²) in [6.07, 6.45) is 11.1. The van der Waals surface area contributed by atoms with Crippen molar-refractivity contribution in [2.45, 2.75) is 122 Å². The van der Waals surface area contributed by atoms with E-state index in [2.05, 4.69) is 16.7 Å². The van der Waals surface area contributed by atoms with Crippen molar-refractivity contribution in [1.29, 1.82) is 0 Å². The van der Waals surface area contributed by atoms with E-state index in [4.69, 9.17) is 4.74 Å². The number of aryl methyl sites for hydroxylation is 2. The average Bonchev–Trinajstić information content (AvgIpc) is 3.27. The first-order valence-electron chi connectivity index (χ1n) is 17.2. The number of benzene rings is 1. The average molecular weight is 638 g/mol. The lowest BCUT2D eigenvalue weighted by atomic mass is 9.82. The van der Waals surface area contributed by atoms with E-state index < -0.39 is 29.7 Å². The number of rotatable bonds is 9. The number of piperidine rings is 2. The van der Waals surface area contributed by atoms with E-state index in [9.17, 15) is 24.0 Å². The first-order valence-corrected chi connectivity index (χ1v) is 17.2. The number of hydrogen-bond donors (Lipinski definition) is 2. The van der Waals surface area contributed by atoms with Crippen LogP contribution in [0.1, 0.15) is 109 Å². The highest BCUT2D eigenvalue weighted by Gasteiger charge is 2.36. The second kappa shape index (κ2) is 14.4. The standard InChI is InChI=1S/C35H51N5O6/c1-35(2,3)46-33(44)37-29(24-12-6-5-7-13-24)32(43)39-21-19-23(20-22-39)11-8-9-14-25-15-10-16-26-30(25)38(4)34(45)40(26)27-17-18-28(41)36-31(27)42/h10,15-16,23-24,27,29H,5-9,11-14,17-22H2,1-4H3,(H,37,44)(H,36,41,42). The van der Waals surface area contributed by atoms with Crippen molar-refractivity contribution in [3.05, 3.63) is 34.2 Å². The smallest absolute Gasteiger partial charge is 0.408 e. The summed E-state index contributed by atoms with van der Waals surface area (Å²) < 4.78 is 8.67. The Morgan fingerprint density at radius 2 is 1.72 bits per heavy atom. The molecular weight excluding hydrogens is 586 g/mol. The monoisotopic (exact) mass is 637 g/mol. The van der Waals surface area contributed by atoms with Crippen molar-refractivity contribution in [1.82, 2.24) is 24.7 Å². The number of hydrogen-bond acceptors (Lipinski definition) is 6. The van der Waals surface area contributed by atoms with Crippen molar-refractivity contribution in [2.24, 2.45) is 18.9 Å². The second-order valence-electron chi connectivity index (χ2n) is 14.5. The van der Waals surface area contributed by atoms with Gasteiger partial charge in [0.2, 0.25) is 17.7 Å². The van der Waals surface area contributed by atoms with Gasteiger partial charge in [0, 0.05) is 26.6 Å². The van der Waals surface area contributed by atoms with Gasteiger partial charge in [-0.3, -0.25) is 28.8 Å². The first-order chi connectivity index (χ1) is 21.9. The lowest BCUT2D eigenvalue weighted by Crippen LogP contribution is -2.54. The molecule has 0 radical (unpaired) electrons. The topological polar surface area (TPSA) is 132 Å². The highest BCUT2D eigenvalue weighted by atomic mass is 16.6. The minimum Gasteiger partial charge on any atom is -0.444 e. The molecule has 3 aliphatic rings. The quantitative estimate of drug-likeness (QED) is 0.302. The Labute approximate surface area is 271 Å². The SMILES string of the molecule is Cn1c(=O)n(C2CCC(=O)NC2=O)c2cccc(CCCCC3CCN(C(=O)C(NC(=O)OC(C)(C)C)C4CCCCC4)CC3)c21. The number of nitrogens with one attached hydrogen (secondary N) is 2. The molecule has 11 heteroatoms. The number of imide groups is 1. The molecule has 2 aromatic rings. The van der Waals surface area contributed by atoms with Crippen LogP contribution in [-0.4, -0.2) is 62.6 Å². The number of carbonyl (C=O) groups is 4. The van der Waals surface area contributed by atoms with Crippen LogP contribution < -0.4 is 16.3 Å². The molecule has 2 unspecified atom stereocenters. The number of amides is 4. The van der Waals surface area contributed by atoms with E-state index in [1.54, 1.807) is 11.6 Å². The predicted octanol–water partition coefficient (Wildman–Crippen LogP) is 4.74. The van der Waals surface area contributed by atoms with Crippen LogP contribution in [0.3, 0.4) is 0 Å². The van der Waals surface area contributed by atoms with E-state index in [0.717, 1.165) is 80.8 Å². The number of para-hydroxylation sites is 1. The summed E-state index contributed by atoms with van der Waals surface area (Å²) in [5, 5.41) is 5.31. The fourth-order valence-corrected chi connectivity index (χ4v) is 7.62. The molecule has 1 saturated carbocycles. The van der Waals surface area contributed by atoms with Crippen molar-refractivity contribution in [3.8, 4) is 0 Å². The summed E-state index contributed by atoms with van der Waals surface area (Å²) in [6.45, 7) is 6.91. The summed E-state index contributed by atoms with van der Waals surface area (Å²) in [4.78, 5) is 65.8. The molecule has 3 heterocycles. The third-order valence-electron chi connectivity index (χ3n) is 10.0. The fraction of sp³-hybridized carbons (Fsp3) is 0.686. The molecule has 0 bridgehead atoms. The minimum atomic E-state index is -0.687. The largest absolute Gasteiger partial charge is 0.444 e. The summed E-state index contributed by atoms with van der Waals surface area (Å²) in [7, 11) is 1.74. The molecule has 3 fully saturated rings. The maximum absolute atomic E-state index is 13.7. The van der Waals surface area contributed by atoms with Crippen LogP contribution in [0.4, 0.5) is 4.79 Å². The maximum atomic E-state index is 13.7. The zero-order valence-corrected chi connectivity index (χ0v) is 27.9. The van der Waals surface area contributed by atoms with Crippen LogP contribution in [0, 0.1) is 11.8 Å². The van der Waals surface area contributed by atoms with Gasteiger partial charge in [-0.2, -0.15) is 0 Å². The Hall–Kier alpha value is -3.63. The van der Waals surface area contributed by atoms with Crippen LogP contribution >= 0.6 is 0 Å². The number of fused-ring (bicyclic) bond motifs is 1. The Morgan fingerprint density at radius 1 is 1.00 bits per heavy atom. The van der Waals surface area contributed by atoms with Gasteiger partial charge in [0.15, 0.2) is 0 Å². The summed E-state index contributed by atoms with van der Waals surface area (Å²) in [5.41, 5.74) is 1.79. The molecule has 2 aliphatic heterocycles. The molecule has 2 N–H and O–H groups in total. The fourth-order valence-electron chi connectivity index (χ4n) is 7.62. The van der Waals surface area contributed by atoms with Gasteiger partial charge in [0.05, 0.1) is 11.0 Å². The summed E-state index contributed by atoms with van der Waals surface area (Å²) in [5.74, 6) is -0.000524. The number of aromatic nitrogens is 2. The second-order valence-corrected chi connectivity index (χ2v) is 14.5. The number of imidazole rings is 1. The first kappa shape index (κ1) is 33.7. The number of nitrogens with zero attached hydrogens (tertiary/aromatic N) is 3. The van der Waals surface area contributed by atoms with E-state index in [1.807, 2.05) is 37.8 Å². The van der Waals surface area contributed by atoms with Crippen LogP contribution in [0.15, 0.2) is 23.0 Å². The van der Waals surface area contributed by atoms with Crippen molar-refractivity contribution in [2.75, 3.05) is 13.1 Å². The lowest BCUT2D eigenvalue weighted by molar-refractivity contribution is -0.137. The van der Waals surface area contributed by atoms with E-state index in [-0.39, 0.29) is 29.8 Å². The maximum Gasteiger partial charge on any atom is 0.408 e. The molecule has 1 aromatic heterocycles. The molecular formula is C35H51N5O6. The molecule has 11 nitrogen and oxygen atoms in total. The molecule has 252 valence electrons. The van der Waals surface area contributed by atoms with Crippen LogP contribution in [0.5, 0.6) is 0 Å². The molecule has 2 atom stereocenters. The van der Waals surface area contributed by atoms with Gasteiger partial charge in [-0.1, -0.05) is 44.2 Å². The molecule has 5 rings (SSSR count). The molecule has 4 amide bonds. The number of unbranched alkanes of at least 4 members (excludes halogenated alkanes) is 1. The highest BCUT2D eigenvalue weighted by molar-refractivity contribution is 6.00. The van der Waals surface area contributed by atoms with E-state index >= 15 is 0 Å². The zero-order chi connectivity index (χ0) is 33.0. The molecule has 46 heavy (non-hydrogen) atoms. The van der Waals surface area contributed by atoms with Gasteiger partial charge < -0.3 is 15.0 Å². The third kappa shape index (κ3) is 7.83. The van der Waals surface area contributed by atoms with E-state index in [0.29, 0.717) is 25.4 Å². The Morgan fingerprint density at radius 3 is 2.39 bits per heavy atom. The van der Waals surface area contributed by atoms with E-state index in [1.165, 1.54) is 11.0 Å². The van der Waals surface area contributed by atoms with Gasteiger partial charge in [0.25, 0.3) is 0 Å². The van der Waals surface area contributed by atoms with Gasteiger partial charge >= 0.3 is 11.8 Å². The van der Waals surface area contributed by atoms with Crippen LogP contribution in [0.2, 0.25) is 0 Å². The Kier molecular flexibility index (Phi) is 10.6. The van der Waals surface area contributed by atoms with Crippen LogP contribution in [-0.2, 0) is 32.6 Å². The number of ether oxygens (including phenoxy) is 1. The van der Waals surface area contributed by atoms with Crippen molar-refractivity contribution in [3.63, 3.8) is 0 Å². The van der Waals surface area contributed by atoms with Gasteiger partial charge in [0.1, 0.15) is 17.7 Å². The Bertz CT molecular complexity index is 1490. The zero-order valence-electron chi connectivity index (χ0n) is 27.9. The summed E-state index contributed by atoms with van der Waals surface area (Å²) in [6, 6.07) is 4.64. The predicted molar refractivity (Wildman–Crippen MR) is 175 cm³/mol. The normalized spacial score (nSPS) is 20.9. The highest BCUT2D eigenvalue weighted by Crippen LogP contribution is 2.30. The number of likely N-dealkylation sites (tertiary alicyclic amines) is 1. The van der Waals surface area contributed by atoms with Crippen molar-refractivity contribution < 1.29 is 23.9 Å². The Balaban J connectivity index is 1.14. The number of alkyl carbamates (subject to hydrolysis) is 1. The lowest BCUT2D eigenvalue weighted by Gasteiger charge is -2.37. The third-order valence-corrected chi connectivity index (χ3v) is 10.0. The summed E-state index contributed by atoms with van der Waals surface area (Å²) >= 11 is 0. The number of carbonyl (C=O) groups excluding carboxylic acids is 4. The van der Waals surface area contributed by atoms with Gasteiger partial charge in [-0.25, -0.2) is 9.59 Å².